The molecule has 0 aromatic heterocycles. The molecule has 2 aromatic rings. The summed E-state index contributed by atoms with van der Waals surface area (Å²) in [6.07, 6.45) is 0.827. The highest BCUT2D eigenvalue weighted by Crippen LogP contribution is 2.20. The van der Waals surface area contributed by atoms with E-state index in [0.29, 0.717) is 0 Å². The molecule has 21 heavy (non-hydrogen) atoms. The SMILES string of the molecule is COCCc1ccc(OC(C)C(N)c2ccccc2)cc1. The summed E-state index contributed by atoms with van der Waals surface area (Å²) >= 11 is 0. The minimum Gasteiger partial charge on any atom is -0.489 e. The van der Waals surface area contributed by atoms with E-state index in [2.05, 4.69) is 12.1 Å². The van der Waals surface area contributed by atoms with Crippen LogP contribution in [-0.4, -0.2) is 19.8 Å². The van der Waals surface area contributed by atoms with Gasteiger partial charge in [0.2, 0.25) is 0 Å². The Bertz CT molecular complexity index is 525. The highest BCUT2D eigenvalue weighted by Gasteiger charge is 2.16. The van der Waals surface area contributed by atoms with Gasteiger partial charge in [-0.25, -0.2) is 0 Å². The van der Waals surface area contributed by atoms with Crippen LogP contribution < -0.4 is 10.5 Å². The van der Waals surface area contributed by atoms with Gasteiger partial charge in [0.05, 0.1) is 12.6 Å². The number of nitrogens with two attached hydrogens (primary N) is 1. The van der Waals surface area contributed by atoms with E-state index < -0.39 is 0 Å². The average Bonchev–Trinajstić information content (AvgIpc) is 2.54. The molecular formula is C18H23NO2. The van der Waals surface area contributed by atoms with Crippen LogP contribution in [-0.2, 0) is 11.2 Å². The fourth-order valence-corrected chi connectivity index (χ4v) is 2.19. The summed E-state index contributed by atoms with van der Waals surface area (Å²) in [4.78, 5) is 0. The van der Waals surface area contributed by atoms with Crippen LogP contribution >= 0.6 is 0 Å². The number of methoxy groups -OCH3 is 1. The van der Waals surface area contributed by atoms with Gasteiger partial charge in [0.25, 0.3) is 0 Å². The third-order valence-electron chi connectivity index (χ3n) is 3.53. The molecule has 3 heteroatoms. The highest BCUT2D eigenvalue weighted by molar-refractivity contribution is 5.28. The molecule has 0 aliphatic heterocycles. The van der Waals surface area contributed by atoms with E-state index in [1.807, 2.05) is 49.4 Å². The summed E-state index contributed by atoms with van der Waals surface area (Å²) in [5.74, 6) is 0.843. The van der Waals surface area contributed by atoms with Crippen LogP contribution in [0.4, 0.5) is 0 Å². The van der Waals surface area contributed by atoms with E-state index in [9.17, 15) is 0 Å². The minimum atomic E-state index is -0.139. The van der Waals surface area contributed by atoms with Crippen molar-refractivity contribution in [1.82, 2.24) is 0 Å². The summed E-state index contributed by atoms with van der Waals surface area (Å²) in [6.45, 7) is 2.73. The first-order chi connectivity index (χ1) is 10.2. The van der Waals surface area contributed by atoms with E-state index in [-0.39, 0.29) is 12.1 Å². The molecule has 2 N–H and O–H groups in total. The minimum absolute atomic E-state index is 0.0859. The molecule has 3 nitrogen and oxygen atoms in total. The van der Waals surface area contributed by atoms with E-state index in [4.69, 9.17) is 15.2 Å². The number of rotatable bonds is 7. The zero-order valence-corrected chi connectivity index (χ0v) is 12.7. The molecule has 0 radical (unpaired) electrons. The van der Waals surface area contributed by atoms with Crippen molar-refractivity contribution in [2.24, 2.45) is 5.73 Å². The second-order valence-corrected chi connectivity index (χ2v) is 5.15. The standard InChI is InChI=1S/C18H23NO2/c1-14(18(19)16-6-4-3-5-7-16)21-17-10-8-15(9-11-17)12-13-20-2/h3-11,14,18H,12-13,19H2,1-2H3. The molecule has 2 atom stereocenters. The van der Waals surface area contributed by atoms with Crippen molar-refractivity contribution in [2.45, 2.75) is 25.5 Å². The summed E-state index contributed by atoms with van der Waals surface area (Å²) in [6, 6.07) is 18.0. The Labute approximate surface area is 126 Å². The van der Waals surface area contributed by atoms with Gasteiger partial charge >= 0.3 is 0 Å². The number of ether oxygens (including phenoxy) is 2. The van der Waals surface area contributed by atoms with E-state index >= 15 is 0 Å². The lowest BCUT2D eigenvalue weighted by Crippen LogP contribution is -2.28. The third kappa shape index (κ3) is 4.59. The van der Waals surface area contributed by atoms with Gasteiger partial charge in [0, 0.05) is 7.11 Å². The summed E-state index contributed by atoms with van der Waals surface area (Å²) < 4.78 is 11.0. The number of hydrogen-bond donors (Lipinski definition) is 1. The Hall–Kier alpha value is -1.84. The predicted octanol–water partition coefficient (Wildman–Crippen LogP) is 3.34. The molecule has 0 aliphatic rings. The van der Waals surface area contributed by atoms with Crippen LogP contribution in [0, 0.1) is 0 Å². The molecule has 0 bridgehead atoms. The normalized spacial score (nSPS) is 13.7. The monoisotopic (exact) mass is 285 g/mol. The maximum atomic E-state index is 6.24. The van der Waals surface area contributed by atoms with Gasteiger partial charge in [-0.1, -0.05) is 42.5 Å². The van der Waals surface area contributed by atoms with Crippen molar-refractivity contribution in [3.05, 3.63) is 65.7 Å². The molecule has 2 aromatic carbocycles. The fourth-order valence-electron chi connectivity index (χ4n) is 2.19. The lowest BCUT2D eigenvalue weighted by atomic mass is 10.0. The Morgan fingerprint density at radius 3 is 2.29 bits per heavy atom. The van der Waals surface area contributed by atoms with Gasteiger partial charge in [-0.05, 0) is 36.6 Å². The Morgan fingerprint density at radius 2 is 1.67 bits per heavy atom. The van der Waals surface area contributed by atoms with Crippen molar-refractivity contribution >= 4 is 0 Å². The van der Waals surface area contributed by atoms with Crippen LogP contribution in [0.25, 0.3) is 0 Å². The van der Waals surface area contributed by atoms with E-state index in [1.54, 1.807) is 7.11 Å². The maximum Gasteiger partial charge on any atom is 0.119 e. The van der Waals surface area contributed by atoms with Crippen LogP contribution in [0.5, 0.6) is 5.75 Å². The Balaban J connectivity index is 1.94. The van der Waals surface area contributed by atoms with Crippen LogP contribution in [0.2, 0.25) is 0 Å². The summed E-state index contributed by atoms with van der Waals surface area (Å²) in [5, 5.41) is 0. The maximum absolute atomic E-state index is 6.24. The quantitative estimate of drug-likeness (QED) is 0.848. The number of hydrogen-bond acceptors (Lipinski definition) is 3. The zero-order valence-electron chi connectivity index (χ0n) is 12.7. The predicted molar refractivity (Wildman–Crippen MR) is 85.5 cm³/mol. The summed E-state index contributed by atoms with van der Waals surface area (Å²) in [7, 11) is 1.71. The first kappa shape index (κ1) is 15.5. The molecule has 0 fully saturated rings. The lowest BCUT2D eigenvalue weighted by molar-refractivity contribution is 0.190. The highest BCUT2D eigenvalue weighted by atomic mass is 16.5. The lowest BCUT2D eigenvalue weighted by Gasteiger charge is -2.22. The van der Waals surface area contributed by atoms with Crippen molar-refractivity contribution in [1.29, 1.82) is 0 Å². The van der Waals surface area contributed by atoms with E-state index in [1.165, 1.54) is 5.56 Å². The molecular weight excluding hydrogens is 262 g/mol. The van der Waals surface area contributed by atoms with Crippen molar-refractivity contribution in [3.8, 4) is 5.75 Å². The molecule has 0 amide bonds. The molecule has 112 valence electrons. The topological polar surface area (TPSA) is 44.5 Å². The molecule has 0 aliphatic carbocycles. The average molecular weight is 285 g/mol. The van der Waals surface area contributed by atoms with Gasteiger partial charge in [-0.3, -0.25) is 0 Å². The zero-order chi connectivity index (χ0) is 15.1. The van der Waals surface area contributed by atoms with Crippen molar-refractivity contribution in [3.63, 3.8) is 0 Å². The molecule has 0 heterocycles. The first-order valence-corrected chi connectivity index (χ1v) is 7.26. The summed E-state index contributed by atoms with van der Waals surface area (Å²) in [5.41, 5.74) is 8.57. The second kappa shape index (κ2) is 7.81. The third-order valence-corrected chi connectivity index (χ3v) is 3.53. The van der Waals surface area contributed by atoms with Crippen LogP contribution in [0.3, 0.4) is 0 Å². The van der Waals surface area contributed by atoms with Gasteiger partial charge in [-0.2, -0.15) is 0 Å². The molecule has 0 saturated heterocycles. The molecule has 2 rings (SSSR count). The van der Waals surface area contributed by atoms with Gasteiger partial charge in [0.15, 0.2) is 0 Å². The number of benzene rings is 2. The molecule has 0 spiro atoms. The van der Waals surface area contributed by atoms with Gasteiger partial charge in [0.1, 0.15) is 11.9 Å². The van der Waals surface area contributed by atoms with Crippen LogP contribution in [0.1, 0.15) is 24.1 Å². The smallest absolute Gasteiger partial charge is 0.119 e. The second-order valence-electron chi connectivity index (χ2n) is 5.15. The van der Waals surface area contributed by atoms with Gasteiger partial charge in [-0.15, -0.1) is 0 Å². The van der Waals surface area contributed by atoms with Crippen LogP contribution in [0.15, 0.2) is 54.6 Å². The fraction of sp³-hybridized carbons (Fsp3) is 0.333. The molecule has 0 saturated carbocycles. The Kier molecular flexibility index (Phi) is 5.78. The molecule has 2 unspecified atom stereocenters. The van der Waals surface area contributed by atoms with Gasteiger partial charge < -0.3 is 15.2 Å². The first-order valence-electron chi connectivity index (χ1n) is 7.26. The van der Waals surface area contributed by atoms with Crippen molar-refractivity contribution in [2.75, 3.05) is 13.7 Å². The Morgan fingerprint density at radius 1 is 1.00 bits per heavy atom. The van der Waals surface area contributed by atoms with Crippen molar-refractivity contribution < 1.29 is 9.47 Å². The van der Waals surface area contributed by atoms with E-state index in [0.717, 1.165) is 24.3 Å². The largest absolute Gasteiger partial charge is 0.489 e.